The van der Waals surface area contributed by atoms with E-state index >= 15 is 0 Å². The normalized spacial score (nSPS) is 18.7. The van der Waals surface area contributed by atoms with Crippen molar-refractivity contribution in [2.24, 2.45) is 0 Å². The van der Waals surface area contributed by atoms with Crippen LogP contribution < -0.4 is 5.32 Å². The third kappa shape index (κ3) is 4.53. The number of likely N-dealkylation sites (tertiary alicyclic amines) is 1. The number of benzene rings is 1. The van der Waals surface area contributed by atoms with Gasteiger partial charge in [0.25, 0.3) is 0 Å². The van der Waals surface area contributed by atoms with Gasteiger partial charge in [-0.15, -0.1) is 0 Å². The van der Waals surface area contributed by atoms with Gasteiger partial charge in [-0.1, -0.05) is 17.7 Å². The van der Waals surface area contributed by atoms with Gasteiger partial charge in [-0.05, 0) is 51.8 Å². The minimum Gasteiger partial charge on any atom is -0.444 e. The Labute approximate surface area is 131 Å². The van der Waals surface area contributed by atoms with Crippen LogP contribution in [0.4, 0.5) is 10.5 Å². The molecule has 1 aromatic carbocycles. The van der Waals surface area contributed by atoms with E-state index in [0.29, 0.717) is 13.1 Å². The number of hydrogen-bond acceptors (Lipinski definition) is 3. The van der Waals surface area contributed by atoms with Gasteiger partial charge in [0.1, 0.15) is 5.60 Å². The first kappa shape index (κ1) is 16.0. The Balaban J connectivity index is 1.90. The Bertz CT molecular complexity index is 525. The SMILES string of the molecule is Cc1ccc(NC2CCN(C(=O)OC(C)(C)C)C2)cc1Cl. The highest BCUT2D eigenvalue weighted by atomic mass is 35.5. The van der Waals surface area contributed by atoms with Crippen LogP contribution >= 0.6 is 11.6 Å². The zero-order chi connectivity index (χ0) is 15.6. The van der Waals surface area contributed by atoms with Gasteiger partial charge in [-0.25, -0.2) is 4.79 Å². The quantitative estimate of drug-likeness (QED) is 0.895. The van der Waals surface area contributed by atoms with Crippen molar-refractivity contribution in [3.8, 4) is 0 Å². The van der Waals surface area contributed by atoms with Crippen LogP contribution in [0.2, 0.25) is 5.02 Å². The Morgan fingerprint density at radius 3 is 2.76 bits per heavy atom. The maximum atomic E-state index is 12.0. The zero-order valence-corrected chi connectivity index (χ0v) is 13.8. The average molecular weight is 311 g/mol. The number of carbonyl (C=O) groups is 1. The Morgan fingerprint density at radius 2 is 2.14 bits per heavy atom. The van der Waals surface area contributed by atoms with Gasteiger partial charge in [0, 0.05) is 29.8 Å². The summed E-state index contributed by atoms with van der Waals surface area (Å²) >= 11 is 6.13. The molecule has 1 aromatic rings. The standard InChI is InChI=1S/C16H23ClN2O2/c1-11-5-6-12(9-14(11)17)18-13-7-8-19(10-13)15(20)21-16(2,3)4/h5-6,9,13,18H,7-8,10H2,1-4H3. The molecule has 0 spiro atoms. The predicted molar refractivity (Wildman–Crippen MR) is 86.0 cm³/mol. The van der Waals surface area contributed by atoms with Crippen molar-refractivity contribution in [1.82, 2.24) is 4.90 Å². The van der Waals surface area contributed by atoms with Gasteiger partial charge in [-0.2, -0.15) is 0 Å². The lowest BCUT2D eigenvalue weighted by atomic mass is 10.2. The minimum atomic E-state index is -0.451. The van der Waals surface area contributed by atoms with E-state index in [1.165, 1.54) is 0 Å². The van der Waals surface area contributed by atoms with E-state index in [-0.39, 0.29) is 12.1 Å². The van der Waals surface area contributed by atoms with Gasteiger partial charge < -0.3 is 15.0 Å². The molecule has 21 heavy (non-hydrogen) atoms. The number of ether oxygens (including phenoxy) is 1. The fourth-order valence-corrected chi connectivity index (χ4v) is 2.47. The first-order valence-electron chi connectivity index (χ1n) is 7.25. The molecule has 5 heteroatoms. The summed E-state index contributed by atoms with van der Waals surface area (Å²) < 4.78 is 5.39. The Hall–Kier alpha value is -1.42. The van der Waals surface area contributed by atoms with Crippen LogP contribution in [0.25, 0.3) is 0 Å². The topological polar surface area (TPSA) is 41.6 Å². The molecular formula is C16H23ClN2O2. The fourth-order valence-electron chi connectivity index (χ4n) is 2.29. The summed E-state index contributed by atoms with van der Waals surface area (Å²) in [7, 11) is 0. The highest BCUT2D eigenvalue weighted by Gasteiger charge is 2.29. The van der Waals surface area contributed by atoms with Crippen molar-refractivity contribution < 1.29 is 9.53 Å². The zero-order valence-electron chi connectivity index (χ0n) is 13.1. The molecule has 1 fully saturated rings. The van der Waals surface area contributed by atoms with Crippen LogP contribution in [-0.4, -0.2) is 35.7 Å². The number of aryl methyl sites for hydroxylation is 1. The molecule has 4 nitrogen and oxygen atoms in total. The summed E-state index contributed by atoms with van der Waals surface area (Å²) in [6.45, 7) is 8.99. The van der Waals surface area contributed by atoms with E-state index in [4.69, 9.17) is 16.3 Å². The van der Waals surface area contributed by atoms with E-state index < -0.39 is 5.60 Å². The maximum absolute atomic E-state index is 12.0. The third-order valence-corrected chi connectivity index (χ3v) is 3.79. The van der Waals surface area contributed by atoms with E-state index in [2.05, 4.69) is 5.32 Å². The van der Waals surface area contributed by atoms with Crippen molar-refractivity contribution in [1.29, 1.82) is 0 Å². The summed E-state index contributed by atoms with van der Waals surface area (Å²) in [6, 6.07) is 6.16. The molecule has 0 radical (unpaired) electrons. The van der Waals surface area contributed by atoms with E-state index in [1.54, 1.807) is 4.90 Å². The molecule has 1 heterocycles. The number of nitrogens with one attached hydrogen (secondary N) is 1. The van der Waals surface area contributed by atoms with Crippen molar-refractivity contribution in [3.63, 3.8) is 0 Å². The molecule has 1 N–H and O–H groups in total. The molecule has 1 aliphatic rings. The highest BCUT2D eigenvalue weighted by molar-refractivity contribution is 6.31. The molecule has 2 rings (SSSR count). The van der Waals surface area contributed by atoms with Crippen LogP contribution in [0.3, 0.4) is 0 Å². The molecule has 1 amide bonds. The minimum absolute atomic E-state index is 0.233. The largest absolute Gasteiger partial charge is 0.444 e. The van der Waals surface area contributed by atoms with E-state index in [1.807, 2.05) is 45.9 Å². The predicted octanol–water partition coefficient (Wildman–Crippen LogP) is 4.07. The van der Waals surface area contributed by atoms with Crippen LogP contribution in [0.1, 0.15) is 32.8 Å². The molecule has 1 aliphatic heterocycles. The molecule has 0 aliphatic carbocycles. The van der Waals surface area contributed by atoms with Crippen LogP contribution in [-0.2, 0) is 4.74 Å². The molecule has 0 bridgehead atoms. The van der Waals surface area contributed by atoms with Crippen LogP contribution in [0, 0.1) is 6.92 Å². The molecule has 1 saturated heterocycles. The lowest BCUT2D eigenvalue weighted by molar-refractivity contribution is 0.0293. The number of nitrogens with zero attached hydrogens (tertiary/aromatic N) is 1. The molecule has 116 valence electrons. The van der Waals surface area contributed by atoms with E-state index in [9.17, 15) is 4.79 Å². The molecule has 1 unspecified atom stereocenters. The van der Waals surface area contributed by atoms with Gasteiger partial charge in [-0.3, -0.25) is 0 Å². The summed E-state index contributed by atoms with van der Waals surface area (Å²) in [5.74, 6) is 0. The van der Waals surface area contributed by atoms with Crippen LogP contribution in [0.15, 0.2) is 18.2 Å². The number of amides is 1. The second kappa shape index (κ2) is 6.14. The Kier molecular flexibility index (Phi) is 4.67. The molecular weight excluding hydrogens is 288 g/mol. The van der Waals surface area contributed by atoms with E-state index in [0.717, 1.165) is 22.7 Å². The van der Waals surface area contributed by atoms with Crippen molar-refractivity contribution in [2.75, 3.05) is 18.4 Å². The molecule has 0 saturated carbocycles. The van der Waals surface area contributed by atoms with Gasteiger partial charge in [0.2, 0.25) is 0 Å². The fraction of sp³-hybridized carbons (Fsp3) is 0.562. The van der Waals surface area contributed by atoms with Crippen LogP contribution in [0.5, 0.6) is 0 Å². The summed E-state index contributed by atoms with van der Waals surface area (Å²) in [4.78, 5) is 13.8. The monoisotopic (exact) mass is 310 g/mol. The van der Waals surface area contributed by atoms with Gasteiger partial charge >= 0.3 is 6.09 Å². The second-order valence-corrected chi connectivity index (χ2v) is 6.93. The van der Waals surface area contributed by atoms with Crippen molar-refractivity contribution in [3.05, 3.63) is 28.8 Å². The number of anilines is 1. The number of rotatable bonds is 2. The second-order valence-electron chi connectivity index (χ2n) is 6.52. The van der Waals surface area contributed by atoms with Gasteiger partial charge in [0.05, 0.1) is 0 Å². The third-order valence-electron chi connectivity index (χ3n) is 3.38. The lowest BCUT2D eigenvalue weighted by Crippen LogP contribution is -2.36. The highest BCUT2D eigenvalue weighted by Crippen LogP contribution is 2.23. The van der Waals surface area contributed by atoms with Gasteiger partial charge in [0.15, 0.2) is 0 Å². The molecule has 0 aromatic heterocycles. The first-order chi connectivity index (χ1) is 9.74. The van der Waals surface area contributed by atoms with Crippen molar-refractivity contribution >= 4 is 23.4 Å². The number of halogens is 1. The smallest absolute Gasteiger partial charge is 0.410 e. The summed E-state index contributed by atoms with van der Waals surface area (Å²) in [5, 5.41) is 4.17. The maximum Gasteiger partial charge on any atom is 0.410 e. The van der Waals surface area contributed by atoms with Crippen molar-refractivity contribution in [2.45, 2.75) is 45.8 Å². The number of hydrogen-bond donors (Lipinski definition) is 1. The number of carbonyl (C=O) groups excluding carboxylic acids is 1. The summed E-state index contributed by atoms with van der Waals surface area (Å²) in [6.07, 6.45) is 0.666. The Morgan fingerprint density at radius 1 is 1.43 bits per heavy atom. The molecule has 1 atom stereocenters. The lowest BCUT2D eigenvalue weighted by Gasteiger charge is -2.24. The first-order valence-corrected chi connectivity index (χ1v) is 7.63. The average Bonchev–Trinajstić information content (AvgIpc) is 2.80. The summed E-state index contributed by atoms with van der Waals surface area (Å²) in [5.41, 5.74) is 1.60.